The first kappa shape index (κ1) is 12.0. The predicted octanol–water partition coefficient (Wildman–Crippen LogP) is 3.22. The standard InChI is InChI=1S/C10H20O.CH4/c1-10(2,3)8-4-6-9(11)7-5-8;/h8-9,11H,4-7H2,1-3H3;1H4. The summed E-state index contributed by atoms with van der Waals surface area (Å²) >= 11 is 0. The van der Waals surface area contributed by atoms with Gasteiger partial charge in [0.2, 0.25) is 0 Å². The third-order valence-electron chi connectivity index (χ3n) is 2.92. The highest BCUT2D eigenvalue weighted by molar-refractivity contribution is 4.79. The Bertz CT molecular complexity index is 115. The number of rotatable bonds is 0. The normalized spacial score (nSPS) is 31.0. The summed E-state index contributed by atoms with van der Waals surface area (Å²) in [6, 6.07) is 0. The van der Waals surface area contributed by atoms with Crippen LogP contribution in [0.3, 0.4) is 0 Å². The first-order chi connectivity index (χ1) is 5.00. The molecular formula is C11H24O. The van der Waals surface area contributed by atoms with Crippen LogP contribution >= 0.6 is 0 Å². The Kier molecular flexibility index (Phi) is 4.25. The largest absolute Gasteiger partial charge is 0.393 e. The van der Waals surface area contributed by atoms with E-state index in [0.29, 0.717) is 5.41 Å². The van der Waals surface area contributed by atoms with Crippen molar-refractivity contribution >= 4 is 0 Å². The van der Waals surface area contributed by atoms with E-state index in [9.17, 15) is 5.11 Å². The van der Waals surface area contributed by atoms with Gasteiger partial charge in [0.1, 0.15) is 0 Å². The summed E-state index contributed by atoms with van der Waals surface area (Å²) in [5.41, 5.74) is 0.445. The molecule has 1 rings (SSSR count). The van der Waals surface area contributed by atoms with Gasteiger partial charge in [-0.15, -0.1) is 0 Å². The van der Waals surface area contributed by atoms with Gasteiger partial charge in [-0.2, -0.15) is 0 Å². The monoisotopic (exact) mass is 172 g/mol. The highest BCUT2D eigenvalue weighted by atomic mass is 16.3. The van der Waals surface area contributed by atoms with Crippen LogP contribution in [0, 0.1) is 11.3 Å². The van der Waals surface area contributed by atoms with Crippen molar-refractivity contribution in [1.82, 2.24) is 0 Å². The lowest BCUT2D eigenvalue weighted by Gasteiger charge is -2.35. The summed E-state index contributed by atoms with van der Waals surface area (Å²) in [5, 5.41) is 9.29. The fraction of sp³-hybridized carbons (Fsp3) is 1.00. The summed E-state index contributed by atoms with van der Waals surface area (Å²) in [4.78, 5) is 0. The Balaban J connectivity index is 0.00000121. The van der Waals surface area contributed by atoms with E-state index in [0.717, 1.165) is 18.8 Å². The maximum absolute atomic E-state index is 9.29. The van der Waals surface area contributed by atoms with E-state index in [-0.39, 0.29) is 13.5 Å². The van der Waals surface area contributed by atoms with E-state index in [1.807, 2.05) is 0 Å². The van der Waals surface area contributed by atoms with Gasteiger partial charge in [0, 0.05) is 0 Å². The fourth-order valence-electron chi connectivity index (χ4n) is 1.94. The van der Waals surface area contributed by atoms with Gasteiger partial charge in [-0.25, -0.2) is 0 Å². The summed E-state index contributed by atoms with van der Waals surface area (Å²) in [6.07, 6.45) is 4.45. The summed E-state index contributed by atoms with van der Waals surface area (Å²) < 4.78 is 0. The number of hydrogen-bond donors (Lipinski definition) is 1. The van der Waals surface area contributed by atoms with Gasteiger partial charge < -0.3 is 5.11 Å². The quantitative estimate of drug-likeness (QED) is 0.595. The predicted molar refractivity (Wildman–Crippen MR) is 54.2 cm³/mol. The Morgan fingerprint density at radius 3 is 1.75 bits per heavy atom. The van der Waals surface area contributed by atoms with Gasteiger partial charge in [0.05, 0.1) is 6.10 Å². The van der Waals surface area contributed by atoms with Gasteiger partial charge >= 0.3 is 0 Å². The summed E-state index contributed by atoms with van der Waals surface area (Å²) in [6.45, 7) is 6.90. The lowest BCUT2D eigenvalue weighted by atomic mass is 9.72. The molecule has 0 amide bonds. The molecule has 0 heterocycles. The smallest absolute Gasteiger partial charge is 0.0540 e. The first-order valence-electron chi connectivity index (χ1n) is 4.68. The molecular weight excluding hydrogens is 148 g/mol. The minimum absolute atomic E-state index is 0. The van der Waals surface area contributed by atoms with Crippen molar-refractivity contribution in [3.05, 3.63) is 0 Å². The second kappa shape index (κ2) is 4.27. The summed E-state index contributed by atoms with van der Waals surface area (Å²) in [5.74, 6) is 0.825. The van der Waals surface area contributed by atoms with Crippen LogP contribution in [0.15, 0.2) is 0 Å². The van der Waals surface area contributed by atoms with E-state index < -0.39 is 0 Å². The van der Waals surface area contributed by atoms with E-state index in [4.69, 9.17) is 0 Å². The number of aliphatic hydroxyl groups excluding tert-OH is 1. The highest BCUT2D eigenvalue weighted by Gasteiger charge is 2.28. The molecule has 74 valence electrons. The lowest BCUT2D eigenvalue weighted by Crippen LogP contribution is -2.27. The summed E-state index contributed by atoms with van der Waals surface area (Å²) in [7, 11) is 0. The zero-order valence-electron chi connectivity index (χ0n) is 7.93. The molecule has 0 radical (unpaired) electrons. The van der Waals surface area contributed by atoms with Gasteiger partial charge in [0.25, 0.3) is 0 Å². The molecule has 1 aliphatic carbocycles. The van der Waals surface area contributed by atoms with Crippen molar-refractivity contribution in [2.75, 3.05) is 0 Å². The zero-order chi connectivity index (χ0) is 8.48. The second-order valence-corrected chi connectivity index (χ2v) is 4.87. The molecule has 1 aliphatic rings. The Hall–Kier alpha value is -0.0400. The zero-order valence-corrected chi connectivity index (χ0v) is 7.93. The second-order valence-electron chi connectivity index (χ2n) is 4.87. The third-order valence-corrected chi connectivity index (χ3v) is 2.92. The fourth-order valence-corrected chi connectivity index (χ4v) is 1.94. The molecule has 0 unspecified atom stereocenters. The number of aliphatic hydroxyl groups is 1. The average Bonchev–Trinajstić information content (AvgIpc) is 1.86. The van der Waals surface area contributed by atoms with Gasteiger partial charge in [-0.05, 0) is 37.0 Å². The van der Waals surface area contributed by atoms with Crippen LogP contribution in [0.2, 0.25) is 0 Å². The SMILES string of the molecule is C.CC(C)(C)C1CCC(O)CC1. The van der Waals surface area contributed by atoms with Crippen molar-refractivity contribution < 1.29 is 5.11 Å². The van der Waals surface area contributed by atoms with E-state index in [1.165, 1.54) is 12.8 Å². The van der Waals surface area contributed by atoms with Crippen LogP contribution in [-0.2, 0) is 0 Å². The molecule has 0 saturated heterocycles. The molecule has 1 heteroatoms. The van der Waals surface area contributed by atoms with Crippen molar-refractivity contribution in [3.63, 3.8) is 0 Å². The van der Waals surface area contributed by atoms with Crippen molar-refractivity contribution in [3.8, 4) is 0 Å². The van der Waals surface area contributed by atoms with E-state index in [1.54, 1.807) is 0 Å². The van der Waals surface area contributed by atoms with Gasteiger partial charge in [-0.1, -0.05) is 28.2 Å². The molecule has 1 N–H and O–H groups in total. The molecule has 1 saturated carbocycles. The molecule has 12 heavy (non-hydrogen) atoms. The maximum Gasteiger partial charge on any atom is 0.0540 e. The Morgan fingerprint density at radius 1 is 1.00 bits per heavy atom. The molecule has 0 aliphatic heterocycles. The van der Waals surface area contributed by atoms with E-state index >= 15 is 0 Å². The highest BCUT2D eigenvalue weighted by Crippen LogP contribution is 2.37. The molecule has 1 nitrogen and oxygen atoms in total. The van der Waals surface area contributed by atoms with Gasteiger partial charge in [-0.3, -0.25) is 0 Å². The van der Waals surface area contributed by atoms with Crippen molar-refractivity contribution in [2.24, 2.45) is 11.3 Å². The maximum atomic E-state index is 9.29. The van der Waals surface area contributed by atoms with Crippen LogP contribution in [0.1, 0.15) is 53.9 Å². The molecule has 0 aromatic rings. The molecule has 0 aromatic heterocycles. The third kappa shape index (κ3) is 3.14. The molecule has 1 fully saturated rings. The minimum Gasteiger partial charge on any atom is -0.393 e. The first-order valence-corrected chi connectivity index (χ1v) is 4.68. The average molecular weight is 172 g/mol. The Labute approximate surface area is 77.2 Å². The molecule has 0 spiro atoms. The Morgan fingerprint density at radius 2 is 1.42 bits per heavy atom. The van der Waals surface area contributed by atoms with Crippen molar-refractivity contribution in [2.45, 2.75) is 60.0 Å². The van der Waals surface area contributed by atoms with Crippen LogP contribution in [0.4, 0.5) is 0 Å². The number of hydrogen-bond acceptors (Lipinski definition) is 1. The van der Waals surface area contributed by atoms with E-state index in [2.05, 4.69) is 20.8 Å². The molecule has 0 bridgehead atoms. The van der Waals surface area contributed by atoms with Crippen LogP contribution in [0.25, 0.3) is 0 Å². The lowest BCUT2D eigenvalue weighted by molar-refractivity contribution is 0.0725. The molecule has 0 atom stereocenters. The molecule has 0 aromatic carbocycles. The topological polar surface area (TPSA) is 20.2 Å². The van der Waals surface area contributed by atoms with Crippen LogP contribution in [-0.4, -0.2) is 11.2 Å². The van der Waals surface area contributed by atoms with Crippen molar-refractivity contribution in [1.29, 1.82) is 0 Å². The van der Waals surface area contributed by atoms with Gasteiger partial charge in [0.15, 0.2) is 0 Å². The van der Waals surface area contributed by atoms with Crippen LogP contribution in [0.5, 0.6) is 0 Å². The minimum atomic E-state index is -0.00593. The van der Waals surface area contributed by atoms with Crippen LogP contribution < -0.4 is 0 Å².